The Morgan fingerprint density at radius 3 is 2.79 bits per heavy atom. The van der Waals surface area contributed by atoms with Gasteiger partial charge in [0.15, 0.2) is 0 Å². The first-order valence-electron chi connectivity index (χ1n) is 5.66. The summed E-state index contributed by atoms with van der Waals surface area (Å²) in [5.74, 6) is 1.23. The van der Waals surface area contributed by atoms with Gasteiger partial charge in [0.1, 0.15) is 0 Å². The minimum Gasteiger partial charge on any atom is -0.391 e. The third kappa shape index (κ3) is 2.08. The third-order valence-electron chi connectivity index (χ3n) is 3.45. The average molecular weight is 197 g/mol. The molecule has 2 atom stereocenters. The summed E-state index contributed by atoms with van der Waals surface area (Å²) in [5, 5.41) is 9.73. The molecule has 0 bridgehead atoms. The molecule has 1 saturated carbocycles. The van der Waals surface area contributed by atoms with E-state index < -0.39 is 0 Å². The highest BCUT2D eigenvalue weighted by atomic mass is 16.3. The van der Waals surface area contributed by atoms with Gasteiger partial charge in [0.25, 0.3) is 0 Å². The Morgan fingerprint density at radius 2 is 2.29 bits per heavy atom. The van der Waals surface area contributed by atoms with Gasteiger partial charge in [0, 0.05) is 19.5 Å². The van der Waals surface area contributed by atoms with Crippen LogP contribution in [0.2, 0.25) is 0 Å². The van der Waals surface area contributed by atoms with Crippen LogP contribution < -0.4 is 0 Å². The molecule has 0 spiro atoms. The molecule has 2 rings (SSSR count). The van der Waals surface area contributed by atoms with Gasteiger partial charge in [0.05, 0.1) is 6.10 Å². The summed E-state index contributed by atoms with van der Waals surface area (Å²) in [6, 6.07) is 0. The van der Waals surface area contributed by atoms with Gasteiger partial charge in [0.2, 0.25) is 5.91 Å². The van der Waals surface area contributed by atoms with Crippen molar-refractivity contribution < 1.29 is 9.90 Å². The van der Waals surface area contributed by atoms with Crippen molar-refractivity contribution in [1.29, 1.82) is 0 Å². The largest absolute Gasteiger partial charge is 0.391 e. The zero-order valence-corrected chi connectivity index (χ0v) is 8.78. The molecule has 0 radical (unpaired) electrons. The van der Waals surface area contributed by atoms with E-state index in [0.717, 1.165) is 25.8 Å². The molecule has 3 heteroatoms. The first-order chi connectivity index (χ1) is 6.70. The van der Waals surface area contributed by atoms with Gasteiger partial charge >= 0.3 is 0 Å². The summed E-state index contributed by atoms with van der Waals surface area (Å²) in [6.07, 6.45) is 3.77. The number of aliphatic hydroxyl groups is 1. The third-order valence-corrected chi connectivity index (χ3v) is 3.45. The molecule has 0 aromatic carbocycles. The van der Waals surface area contributed by atoms with Gasteiger partial charge in [-0.25, -0.2) is 0 Å². The van der Waals surface area contributed by atoms with Gasteiger partial charge in [-0.15, -0.1) is 0 Å². The number of aliphatic hydroxyl groups excluding tert-OH is 1. The van der Waals surface area contributed by atoms with Crippen LogP contribution in [0, 0.1) is 11.8 Å². The van der Waals surface area contributed by atoms with Crippen LogP contribution in [-0.4, -0.2) is 35.1 Å². The second kappa shape index (κ2) is 3.89. The van der Waals surface area contributed by atoms with E-state index in [-0.39, 0.29) is 12.0 Å². The highest BCUT2D eigenvalue weighted by Gasteiger charge is 2.35. The molecule has 2 aliphatic rings. The van der Waals surface area contributed by atoms with E-state index in [2.05, 4.69) is 6.92 Å². The Labute approximate surface area is 85.1 Å². The van der Waals surface area contributed by atoms with Crippen molar-refractivity contribution >= 4 is 5.91 Å². The number of β-amino-alcohol motifs (C(OH)–C–C–N with tert-alkyl or cyclic N) is 1. The van der Waals surface area contributed by atoms with Crippen molar-refractivity contribution in [3.05, 3.63) is 0 Å². The van der Waals surface area contributed by atoms with Gasteiger partial charge in [-0.3, -0.25) is 4.79 Å². The number of amides is 1. The van der Waals surface area contributed by atoms with E-state index in [4.69, 9.17) is 0 Å². The second-order valence-corrected chi connectivity index (χ2v) is 4.68. The number of hydrogen-bond acceptors (Lipinski definition) is 2. The molecule has 0 aromatic rings. The molecule has 1 aliphatic heterocycles. The molecule has 1 saturated heterocycles. The van der Waals surface area contributed by atoms with Crippen molar-refractivity contribution in [1.82, 2.24) is 4.90 Å². The minimum atomic E-state index is -0.269. The summed E-state index contributed by atoms with van der Waals surface area (Å²) in [6.45, 7) is 3.55. The Balaban J connectivity index is 1.82. The van der Waals surface area contributed by atoms with Crippen molar-refractivity contribution in [2.75, 3.05) is 13.1 Å². The molecule has 1 heterocycles. The predicted molar refractivity (Wildman–Crippen MR) is 53.7 cm³/mol. The lowest BCUT2D eigenvalue weighted by Gasteiger charge is -2.20. The van der Waals surface area contributed by atoms with Crippen molar-refractivity contribution in [2.45, 2.75) is 38.7 Å². The number of rotatable bonds is 4. The van der Waals surface area contributed by atoms with Gasteiger partial charge < -0.3 is 10.0 Å². The van der Waals surface area contributed by atoms with E-state index in [1.165, 1.54) is 0 Å². The molecule has 3 nitrogen and oxygen atoms in total. The number of nitrogens with zero attached hydrogens (tertiary/aromatic N) is 1. The van der Waals surface area contributed by atoms with E-state index >= 15 is 0 Å². The Kier molecular flexibility index (Phi) is 2.77. The van der Waals surface area contributed by atoms with Crippen LogP contribution in [0.15, 0.2) is 0 Å². The minimum absolute atomic E-state index is 0.233. The molecule has 14 heavy (non-hydrogen) atoms. The topological polar surface area (TPSA) is 40.5 Å². The normalized spacial score (nSPS) is 29.7. The molecular formula is C11H19NO2. The smallest absolute Gasteiger partial charge is 0.223 e. The number of carbonyl (C=O) groups is 1. The second-order valence-electron chi connectivity index (χ2n) is 4.68. The summed E-state index contributed by atoms with van der Waals surface area (Å²) in [7, 11) is 0. The maximum Gasteiger partial charge on any atom is 0.223 e. The summed E-state index contributed by atoms with van der Waals surface area (Å²) >= 11 is 0. The van der Waals surface area contributed by atoms with E-state index in [9.17, 15) is 9.90 Å². The van der Waals surface area contributed by atoms with Gasteiger partial charge in [-0.2, -0.15) is 0 Å². The summed E-state index contributed by atoms with van der Waals surface area (Å²) < 4.78 is 0. The average Bonchev–Trinajstić information content (AvgIpc) is 2.94. The van der Waals surface area contributed by atoms with E-state index in [1.54, 1.807) is 0 Å². The van der Waals surface area contributed by atoms with E-state index in [1.807, 2.05) is 4.90 Å². The molecule has 1 amide bonds. The summed E-state index contributed by atoms with van der Waals surface area (Å²) in [4.78, 5) is 13.4. The molecular weight excluding hydrogens is 178 g/mol. The lowest BCUT2D eigenvalue weighted by atomic mass is 10.1. The SMILES string of the molecule is CCC1CC(=O)N(CC(O)C2CC2)C1. The molecule has 1 N–H and O–H groups in total. The lowest BCUT2D eigenvalue weighted by Crippen LogP contribution is -2.34. The van der Waals surface area contributed by atoms with Crippen LogP contribution in [0.25, 0.3) is 0 Å². The van der Waals surface area contributed by atoms with Crippen molar-refractivity contribution in [2.24, 2.45) is 11.8 Å². The molecule has 1 aliphatic carbocycles. The Morgan fingerprint density at radius 1 is 1.57 bits per heavy atom. The Bertz CT molecular complexity index is 225. The fourth-order valence-corrected chi connectivity index (χ4v) is 2.16. The van der Waals surface area contributed by atoms with Crippen LogP contribution >= 0.6 is 0 Å². The zero-order valence-electron chi connectivity index (χ0n) is 8.78. The molecule has 80 valence electrons. The number of likely N-dealkylation sites (tertiary alicyclic amines) is 1. The fraction of sp³-hybridized carbons (Fsp3) is 0.909. The van der Waals surface area contributed by atoms with Crippen LogP contribution in [0.4, 0.5) is 0 Å². The predicted octanol–water partition coefficient (Wildman–Crippen LogP) is 1.02. The Hall–Kier alpha value is -0.570. The van der Waals surface area contributed by atoms with Crippen LogP contribution in [0.5, 0.6) is 0 Å². The standard InChI is InChI=1S/C11H19NO2/c1-2-8-5-11(14)12(6-8)7-10(13)9-3-4-9/h8-10,13H,2-7H2,1H3. The summed E-state index contributed by atoms with van der Waals surface area (Å²) in [5.41, 5.74) is 0. The lowest BCUT2D eigenvalue weighted by molar-refractivity contribution is -0.129. The van der Waals surface area contributed by atoms with Gasteiger partial charge in [-0.05, 0) is 24.7 Å². The monoisotopic (exact) mass is 197 g/mol. The van der Waals surface area contributed by atoms with Crippen molar-refractivity contribution in [3.63, 3.8) is 0 Å². The number of carbonyl (C=O) groups excluding carboxylic acids is 1. The number of hydrogen-bond donors (Lipinski definition) is 1. The van der Waals surface area contributed by atoms with Gasteiger partial charge in [-0.1, -0.05) is 13.3 Å². The molecule has 0 aromatic heterocycles. The quantitative estimate of drug-likeness (QED) is 0.731. The molecule has 2 unspecified atom stereocenters. The van der Waals surface area contributed by atoms with E-state index in [0.29, 0.717) is 24.8 Å². The first kappa shape index (κ1) is 9.97. The highest BCUT2D eigenvalue weighted by molar-refractivity contribution is 5.78. The maximum absolute atomic E-state index is 11.5. The maximum atomic E-state index is 11.5. The highest BCUT2D eigenvalue weighted by Crippen LogP contribution is 2.33. The molecule has 2 fully saturated rings. The van der Waals surface area contributed by atoms with Crippen LogP contribution in [-0.2, 0) is 4.79 Å². The van der Waals surface area contributed by atoms with Crippen LogP contribution in [0.1, 0.15) is 32.6 Å². The fourth-order valence-electron chi connectivity index (χ4n) is 2.16. The first-order valence-corrected chi connectivity index (χ1v) is 5.66. The van der Waals surface area contributed by atoms with Crippen LogP contribution in [0.3, 0.4) is 0 Å². The zero-order chi connectivity index (χ0) is 10.1. The van der Waals surface area contributed by atoms with Crippen molar-refractivity contribution in [3.8, 4) is 0 Å².